The summed E-state index contributed by atoms with van der Waals surface area (Å²) in [5.41, 5.74) is 4.76. The maximum Gasteiger partial charge on any atom is 0.335 e. The number of aromatic carboxylic acids is 1. The topological polar surface area (TPSA) is 137 Å². The third-order valence-corrected chi connectivity index (χ3v) is 6.39. The van der Waals surface area contributed by atoms with Gasteiger partial charge in [-0.2, -0.15) is 5.10 Å². The van der Waals surface area contributed by atoms with Gasteiger partial charge in [-0.15, -0.1) is 10.2 Å². The number of carbonyl (C=O) groups excluding carboxylic acids is 1. The number of benzene rings is 3. The van der Waals surface area contributed by atoms with Crippen molar-refractivity contribution in [3.8, 4) is 34.3 Å². The highest BCUT2D eigenvalue weighted by atomic mass is 32.2. The Kier molecular flexibility index (Phi) is 8.79. The summed E-state index contributed by atoms with van der Waals surface area (Å²) >= 11 is 1.20. The minimum Gasteiger partial charge on any atom is -0.493 e. The highest BCUT2D eigenvalue weighted by molar-refractivity contribution is 7.99. The average Bonchev–Trinajstić information content (AvgIpc) is 3.40. The Hall–Kier alpha value is -4.84. The number of aromatic nitrogens is 3. The Balaban J connectivity index is 1.55. The van der Waals surface area contributed by atoms with Crippen molar-refractivity contribution in [2.24, 2.45) is 5.10 Å². The molecule has 3 aromatic carbocycles. The predicted molar refractivity (Wildman–Crippen MR) is 146 cm³/mol. The monoisotopic (exact) mass is 547 g/mol. The van der Waals surface area contributed by atoms with Gasteiger partial charge in [-0.1, -0.05) is 42.1 Å². The molecule has 1 aromatic heterocycles. The number of carbonyl (C=O) groups is 2. The number of hydrazone groups is 1. The molecule has 200 valence electrons. The standard InChI is InChI=1S/C27H25N5O6S/c1-36-21-13-19(14-22(37-2)24(21)38-3)25-30-31-27(32(25)20-7-5-4-6-8-20)39-16-23(33)29-28-15-17-9-11-18(12-10-17)26(34)35/h4-15H,16H2,1-3H3,(H,29,33)(H,34,35)/b28-15-. The van der Waals surface area contributed by atoms with Crippen molar-refractivity contribution in [3.05, 3.63) is 77.9 Å². The molecule has 1 heterocycles. The second kappa shape index (κ2) is 12.6. The summed E-state index contributed by atoms with van der Waals surface area (Å²) in [6, 6.07) is 19.2. The van der Waals surface area contributed by atoms with Gasteiger partial charge in [0.1, 0.15) is 0 Å². The lowest BCUT2D eigenvalue weighted by Gasteiger charge is -2.15. The normalized spacial score (nSPS) is 10.8. The van der Waals surface area contributed by atoms with Crippen molar-refractivity contribution in [1.29, 1.82) is 0 Å². The smallest absolute Gasteiger partial charge is 0.335 e. The average molecular weight is 548 g/mol. The van der Waals surface area contributed by atoms with E-state index < -0.39 is 5.97 Å². The first-order chi connectivity index (χ1) is 18.9. The molecule has 0 radical (unpaired) electrons. The quantitative estimate of drug-likeness (QED) is 0.163. The molecule has 39 heavy (non-hydrogen) atoms. The summed E-state index contributed by atoms with van der Waals surface area (Å²) in [6.07, 6.45) is 1.43. The molecule has 12 heteroatoms. The molecule has 0 aliphatic carbocycles. The van der Waals surface area contributed by atoms with E-state index in [-0.39, 0.29) is 17.2 Å². The van der Waals surface area contributed by atoms with Crippen molar-refractivity contribution >= 4 is 29.9 Å². The van der Waals surface area contributed by atoms with Gasteiger partial charge in [-0.3, -0.25) is 9.36 Å². The number of nitrogens with zero attached hydrogens (tertiary/aromatic N) is 4. The van der Waals surface area contributed by atoms with Gasteiger partial charge >= 0.3 is 5.97 Å². The summed E-state index contributed by atoms with van der Waals surface area (Å²) < 4.78 is 18.3. The summed E-state index contributed by atoms with van der Waals surface area (Å²) in [5, 5.41) is 22.2. The van der Waals surface area contributed by atoms with Crippen LogP contribution in [-0.2, 0) is 4.79 Å². The molecule has 0 bridgehead atoms. The Morgan fingerprint density at radius 3 is 2.23 bits per heavy atom. The van der Waals surface area contributed by atoms with Crippen LogP contribution in [0.3, 0.4) is 0 Å². The zero-order chi connectivity index (χ0) is 27.8. The Labute approximate surface area is 228 Å². The van der Waals surface area contributed by atoms with Crippen molar-refractivity contribution in [1.82, 2.24) is 20.2 Å². The van der Waals surface area contributed by atoms with Crippen LogP contribution in [0.15, 0.2) is 77.0 Å². The van der Waals surface area contributed by atoms with Gasteiger partial charge in [-0.05, 0) is 42.0 Å². The zero-order valence-corrected chi connectivity index (χ0v) is 22.1. The van der Waals surface area contributed by atoms with Crippen LogP contribution < -0.4 is 19.6 Å². The molecule has 0 atom stereocenters. The number of para-hydroxylation sites is 1. The van der Waals surface area contributed by atoms with E-state index >= 15 is 0 Å². The first kappa shape index (κ1) is 27.2. The minimum absolute atomic E-state index is 0.0233. The number of methoxy groups -OCH3 is 3. The van der Waals surface area contributed by atoms with Crippen molar-refractivity contribution in [2.75, 3.05) is 27.1 Å². The highest BCUT2D eigenvalue weighted by Gasteiger charge is 2.21. The van der Waals surface area contributed by atoms with E-state index in [1.165, 1.54) is 51.4 Å². The van der Waals surface area contributed by atoms with E-state index in [0.717, 1.165) is 5.69 Å². The number of carboxylic acids is 1. The fourth-order valence-electron chi connectivity index (χ4n) is 3.62. The number of nitrogens with one attached hydrogen (secondary N) is 1. The van der Waals surface area contributed by atoms with Crippen molar-refractivity contribution in [2.45, 2.75) is 5.16 Å². The molecule has 0 aliphatic rings. The molecule has 0 saturated carbocycles. The Morgan fingerprint density at radius 1 is 0.974 bits per heavy atom. The van der Waals surface area contributed by atoms with Crippen LogP contribution in [0.25, 0.3) is 17.1 Å². The van der Waals surface area contributed by atoms with E-state index in [0.29, 0.717) is 39.4 Å². The van der Waals surface area contributed by atoms with Gasteiger partial charge in [0.2, 0.25) is 5.75 Å². The largest absolute Gasteiger partial charge is 0.493 e. The first-order valence-corrected chi connectivity index (χ1v) is 12.5. The highest BCUT2D eigenvalue weighted by Crippen LogP contribution is 2.41. The van der Waals surface area contributed by atoms with E-state index in [1.54, 1.807) is 24.3 Å². The lowest BCUT2D eigenvalue weighted by molar-refractivity contribution is -0.118. The summed E-state index contributed by atoms with van der Waals surface area (Å²) in [6.45, 7) is 0. The van der Waals surface area contributed by atoms with E-state index in [9.17, 15) is 9.59 Å². The van der Waals surface area contributed by atoms with E-state index in [2.05, 4.69) is 20.7 Å². The fraction of sp³-hybridized carbons (Fsp3) is 0.148. The van der Waals surface area contributed by atoms with E-state index in [4.69, 9.17) is 19.3 Å². The Morgan fingerprint density at radius 2 is 1.64 bits per heavy atom. The second-order valence-electron chi connectivity index (χ2n) is 7.90. The summed E-state index contributed by atoms with van der Waals surface area (Å²) in [5.74, 6) is 0.577. The van der Waals surface area contributed by atoms with Crippen LogP contribution in [0.1, 0.15) is 15.9 Å². The number of rotatable bonds is 11. The Bertz CT molecular complexity index is 1460. The lowest BCUT2D eigenvalue weighted by atomic mass is 10.1. The number of hydrogen-bond acceptors (Lipinski definition) is 9. The van der Waals surface area contributed by atoms with Gasteiger partial charge in [0.05, 0.1) is 38.9 Å². The van der Waals surface area contributed by atoms with Crippen LogP contribution in [0.4, 0.5) is 0 Å². The number of thioether (sulfide) groups is 1. The van der Waals surface area contributed by atoms with Crippen LogP contribution in [0.5, 0.6) is 17.2 Å². The molecule has 0 saturated heterocycles. The van der Waals surface area contributed by atoms with Crippen LogP contribution in [0, 0.1) is 0 Å². The summed E-state index contributed by atoms with van der Waals surface area (Å²) in [7, 11) is 4.61. The molecule has 0 spiro atoms. The van der Waals surface area contributed by atoms with Gasteiger partial charge < -0.3 is 19.3 Å². The van der Waals surface area contributed by atoms with Gasteiger partial charge in [-0.25, -0.2) is 10.2 Å². The van der Waals surface area contributed by atoms with E-state index in [1.807, 2.05) is 34.9 Å². The maximum absolute atomic E-state index is 12.5. The summed E-state index contributed by atoms with van der Waals surface area (Å²) in [4.78, 5) is 23.4. The number of amides is 1. The minimum atomic E-state index is -1.01. The molecule has 2 N–H and O–H groups in total. The maximum atomic E-state index is 12.5. The van der Waals surface area contributed by atoms with Crippen molar-refractivity contribution < 1.29 is 28.9 Å². The molecule has 4 aromatic rings. The van der Waals surface area contributed by atoms with Gasteiger partial charge in [0.25, 0.3) is 5.91 Å². The predicted octanol–water partition coefficient (Wildman–Crippen LogP) is 3.90. The molecule has 0 fully saturated rings. The van der Waals surface area contributed by atoms with Gasteiger partial charge in [0.15, 0.2) is 22.5 Å². The molecule has 1 amide bonds. The zero-order valence-electron chi connectivity index (χ0n) is 21.3. The number of carboxylic acid groups (broad SMARTS) is 1. The SMILES string of the molecule is COc1cc(-c2nnc(SCC(=O)N/N=C\c3ccc(C(=O)O)cc3)n2-c2ccccc2)cc(OC)c1OC. The molecule has 11 nitrogen and oxygen atoms in total. The third kappa shape index (κ3) is 6.36. The molecular formula is C27H25N5O6S. The van der Waals surface area contributed by atoms with Crippen LogP contribution in [-0.4, -0.2) is 65.0 Å². The number of hydrogen-bond donors (Lipinski definition) is 2. The molecular weight excluding hydrogens is 522 g/mol. The third-order valence-electron chi connectivity index (χ3n) is 5.46. The molecule has 0 unspecified atom stereocenters. The van der Waals surface area contributed by atoms with Gasteiger partial charge in [0, 0.05) is 11.3 Å². The second-order valence-corrected chi connectivity index (χ2v) is 8.84. The fourth-order valence-corrected chi connectivity index (χ4v) is 4.37. The number of ether oxygens (including phenoxy) is 3. The first-order valence-electron chi connectivity index (χ1n) is 11.5. The lowest BCUT2D eigenvalue weighted by Crippen LogP contribution is -2.20. The van der Waals surface area contributed by atoms with Crippen LogP contribution in [0.2, 0.25) is 0 Å². The molecule has 0 aliphatic heterocycles. The molecule has 4 rings (SSSR count). The van der Waals surface area contributed by atoms with Crippen molar-refractivity contribution in [3.63, 3.8) is 0 Å². The van der Waals surface area contributed by atoms with Crippen LogP contribution >= 0.6 is 11.8 Å².